The molecule has 0 spiro atoms. The van der Waals surface area contributed by atoms with E-state index in [0.29, 0.717) is 5.69 Å². The summed E-state index contributed by atoms with van der Waals surface area (Å²) in [7, 11) is -4.17. The van der Waals surface area contributed by atoms with Crippen molar-refractivity contribution in [2.24, 2.45) is 0 Å². The molecule has 1 aromatic carbocycles. The number of anilines is 1. The summed E-state index contributed by atoms with van der Waals surface area (Å²) in [5.74, 6) is -1.05. The van der Waals surface area contributed by atoms with E-state index >= 15 is 0 Å². The van der Waals surface area contributed by atoms with E-state index in [2.05, 4.69) is 5.32 Å². The van der Waals surface area contributed by atoms with Crippen molar-refractivity contribution in [3.05, 3.63) is 75.4 Å². The van der Waals surface area contributed by atoms with Crippen LogP contribution in [0.1, 0.15) is 18.4 Å². The van der Waals surface area contributed by atoms with Crippen LogP contribution in [-0.2, 0) is 14.6 Å². The highest BCUT2D eigenvalue weighted by molar-refractivity contribution is 8.00. The van der Waals surface area contributed by atoms with Gasteiger partial charge in [-0.05, 0) is 54.1 Å². The number of rotatable bonds is 6. The molecular formula is C18H13ClN2O7S. The van der Waals surface area contributed by atoms with Crippen LogP contribution in [0.2, 0.25) is 5.22 Å². The summed E-state index contributed by atoms with van der Waals surface area (Å²) >= 11 is 5.73. The van der Waals surface area contributed by atoms with Crippen LogP contribution in [0.5, 0.6) is 0 Å². The van der Waals surface area contributed by atoms with Gasteiger partial charge in [0.25, 0.3) is 0 Å². The molecule has 0 aliphatic rings. The standard InChI is InChI=1S/C18H13ClN2O7S/c1-11(22)20-12-2-5-14(6-3-12)29(25,26)16(10-13-4-8-17(19)27-13)15-7-9-18(28-15)21(23)24/h2-10H,1H3,(H,20,22)/b16-10+. The van der Waals surface area contributed by atoms with Gasteiger partial charge in [-0.1, -0.05) is 0 Å². The van der Waals surface area contributed by atoms with Gasteiger partial charge in [0.05, 0.1) is 11.0 Å². The Hall–Kier alpha value is -3.37. The zero-order valence-corrected chi connectivity index (χ0v) is 16.4. The number of nitrogens with one attached hydrogen (secondary N) is 1. The first-order chi connectivity index (χ1) is 13.7. The van der Waals surface area contributed by atoms with Crippen LogP contribution >= 0.6 is 11.6 Å². The van der Waals surface area contributed by atoms with Gasteiger partial charge in [0.2, 0.25) is 15.7 Å². The first-order valence-corrected chi connectivity index (χ1v) is 9.87. The fraction of sp³-hybridized carbons (Fsp3) is 0.0556. The van der Waals surface area contributed by atoms with Crippen LogP contribution in [0.3, 0.4) is 0 Å². The molecule has 1 amide bonds. The third-order valence-corrected chi connectivity index (χ3v) is 5.65. The lowest BCUT2D eigenvalue weighted by Gasteiger charge is -2.08. The second kappa shape index (κ2) is 7.94. The lowest BCUT2D eigenvalue weighted by Crippen LogP contribution is -2.07. The number of hydrogen-bond acceptors (Lipinski definition) is 7. The number of carbonyl (C=O) groups is 1. The van der Waals surface area contributed by atoms with Gasteiger partial charge in [0, 0.05) is 18.7 Å². The molecule has 29 heavy (non-hydrogen) atoms. The van der Waals surface area contributed by atoms with Gasteiger partial charge in [-0.25, -0.2) is 8.42 Å². The Morgan fingerprint density at radius 1 is 1.10 bits per heavy atom. The Morgan fingerprint density at radius 3 is 2.31 bits per heavy atom. The van der Waals surface area contributed by atoms with Gasteiger partial charge < -0.3 is 14.2 Å². The third-order valence-electron chi connectivity index (χ3n) is 3.66. The SMILES string of the molecule is CC(=O)Nc1ccc(S(=O)(=O)/C(=C/c2ccc(Cl)o2)c2ccc([N+](=O)[O-])o2)cc1. The van der Waals surface area contributed by atoms with Crippen molar-refractivity contribution in [3.63, 3.8) is 0 Å². The largest absolute Gasteiger partial charge is 0.445 e. The lowest BCUT2D eigenvalue weighted by atomic mass is 10.3. The van der Waals surface area contributed by atoms with Crippen molar-refractivity contribution in [1.82, 2.24) is 0 Å². The molecule has 150 valence electrons. The molecule has 0 saturated carbocycles. The Morgan fingerprint density at radius 2 is 1.79 bits per heavy atom. The number of nitrogens with zero attached hydrogens (tertiary/aromatic N) is 1. The van der Waals surface area contributed by atoms with Gasteiger partial charge >= 0.3 is 5.88 Å². The first-order valence-electron chi connectivity index (χ1n) is 8.01. The van der Waals surface area contributed by atoms with Crippen molar-refractivity contribution >= 4 is 49.9 Å². The van der Waals surface area contributed by atoms with Crippen molar-refractivity contribution in [2.75, 3.05) is 5.32 Å². The van der Waals surface area contributed by atoms with E-state index in [9.17, 15) is 23.3 Å². The van der Waals surface area contributed by atoms with E-state index in [4.69, 9.17) is 20.4 Å². The summed E-state index contributed by atoms with van der Waals surface area (Å²) in [4.78, 5) is 20.8. The van der Waals surface area contributed by atoms with Crippen LogP contribution in [0.25, 0.3) is 11.0 Å². The molecule has 1 N–H and O–H groups in total. The fourth-order valence-electron chi connectivity index (χ4n) is 2.42. The first kappa shape index (κ1) is 20.4. The van der Waals surface area contributed by atoms with E-state index in [1.54, 1.807) is 0 Å². The van der Waals surface area contributed by atoms with Crippen molar-refractivity contribution in [2.45, 2.75) is 11.8 Å². The highest BCUT2D eigenvalue weighted by atomic mass is 35.5. The maximum atomic E-state index is 13.2. The van der Waals surface area contributed by atoms with E-state index in [-0.39, 0.29) is 32.4 Å². The van der Waals surface area contributed by atoms with Gasteiger partial charge in [-0.2, -0.15) is 0 Å². The predicted octanol–water partition coefficient (Wildman–Crippen LogP) is 4.36. The maximum Gasteiger partial charge on any atom is 0.433 e. The number of nitro groups is 1. The van der Waals surface area contributed by atoms with E-state index in [1.807, 2.05) is 0 Å². The van der Waals surface area contributed by atoms with E-state index in [1.165, 1.54) is 49.4 Å². The predicted molar refractivity (Wildman–Crippen MR) is 105 cm³/mol. The highest BCUT2D eigenvalue weighted by Gasteiger charge is 2.27. The topological polar surface area (TPSA) is 133 Å². The molecule has 2 heterocycles. The average Bonchev–Trinajstić information content (AvgIpc) is 3.28. The minimum Gasteiger partial charge on any atom is -0.445 e. The van der Waals surface area contributed by atoms with Crippen LogP contribution < -0.4 is 5.32 Å². The normalized spacial score (nSPS) is 12.0. The van der Waals surface area contributed by atoms with Gasteiger partial charge in [0.1, 0.15) is 15.6 Å². The summed E-state index contributed by atoms with van der Waals surface area (Å²) in [6, 6.07) is 10.5. The highest BCUT2D eigenvalue weighted by Crippen LogP contribution is 2.34. The fourth-order valence-corrected chi connectivity index (χ4v) is 3.97. The molecule has 0 saturated heterocycles. The van der Waals surface area contributed by atoms with Gasteiger partial charge in [0.15, 0.2) is 11.0 Å². The van der Waals surface area contributed by atoms with Crippen LogP contribution in [0, 0.1) is 10.1 Å². The van der Waals surface area contributed by atoms with Crippen molar-refractivity contribution < 1.29 is 27.0 Å². The van der Waals surface area contributed by atoms with Crippen LogP contribution in [0.15, 0.2) is 62.3 Å². The number of benzene rings is 1. The molecule has 0 fully saturated rings. The number of amides is 1. The molecule has 0 radical (unpaired) electrons. The molecule has 2 aromatic heterocycles. The number of furan rings is 2. The second-order valence-corrected chi connectivity index (χ2v) is 8.05. The molecule has 11 heteroatoms. The van der Waals surface area contributed by atoms with Crippen molar-refractivity contribution in [1.29, 1.82) is 0 Å². The molecule has 0 aliphatic carbocycles. The van der Waals surface area contributed by atoms with E-state index in [0.717, 1.165) is 12.1 Å². The molecule has 3 rings (SSSR count). The Kier molecular flexibility index (Phi) is 5.57. The number of carbonyl (C=O) groups excluding carboxylic acids is 1. The quantitative estimate of drug-likeness (QED) is 0.448. The minimum absolute atomic E-state index is 0.0399. The maximum absolute atomic E-state index is 13.2. The van der Waals surface area contributed by atoms with Gasteiger partial charge in [-0.3, -0.25) is 14.9 Å². The van der Waals surface area contributed by atoms with Crippen molar-refractivity contribution in [3.8, 4) is 0 Å². The third kappa shape index (κ3) is 4.55. The smallest absolute Gasteiger partial charge is 0.433 e. The van der Waals surface area contributed by atoms with Crippen LogP contribution in [-0.4, -0.2) is 19.2 Å². The minimum atomic E-state index is -4.17. The lowest BCUT2D eigenvalue weighted by molar-refractivity contribution is -0.402. The molecule has 0 unspecified atom stereocenters. The molecular weight excluding hydrogens is 424 g/mol. The molecule has 3 aromatic rings. The number of hydrogen-bond donors (Lipinski definition) is 1. The van der Waals surface area contributed by atoms with Crippen LogP contribution in [0.4, 0.5) is 11.6 Å². The molecule has 0 atom stereocenters. The summed E-state index contributed by atoms with van der Waals surface area (Å²) < 4.78 is 36.7. The molecule has 0 aliphatic heterocycles. The summed E-state index contributed by atoms with van der Waals surface area (Å²) in [5.41, 5.74) is 0.411. The summed E-state index contributed by atoms with van der Waals surface area (Å²) in [5, 5.41) is 13.5. The Labute approximate surface area is 169 Å². The monoisotopic (exact) mass is 436 g/mol. The molecule has 9 nitrogen and oxygen atoms in total. The summed E-state index contributed by atoms with van der Waals surface area (Å²) in [6.07, 6.45) is 1.16. The Bertz CT molecular complexity index is 1210. The average molecular weight is 437 g/mol. The summed E-state index contributed by atoms with van der Waals surface area (Å²) in [6.45, 7) is 1.32. The zero-order chi connectivity index (χ0) is 21.2. The number of halogens is 1. The van der Waals surface area contributed by atoms with Gasteiger partial charge in [-0.15, -0.1) is 0 Å². The Balaban J connectivity index is 2.10. The van der Waals surface area contributed by atoms with E-state index < -0.39 is 20.6 Å². The second-order valence-electron chi connectivity index (χ2n) is 5.75. The number of sulfone groups is 1. The molecule has 0 bridgehead atoms. The zero-order valence-electron chi connectivity index (χ0n) is 14.8.